The lowest BCUT2D eigenvalue weighted by Gasteiger charge is -2.23. The van der Waals surface area contributed by atoms with Crippen LogP contribution in [-0.2, 0) is 17.8 Å². The van der Waals surface area contributed by atoms with Gasteiger partial charge in [0.2, 0.25) is 0 Å². The van der Waals surface area contributed by atoms with Crippen LogP contribution in [0.5, 0.6) is 5.75 Å². The maximum Gasteiger partial charge on any atom is 0.270 e. The molecule has 35 heavy (non-hydrogen) atoms. The second kappa shape index (κ2) is 10.5. The fraction of sp³-hybridized carbons (Fsp3) is 0.259. The highest BCUT2D eigenvalue weighted by Crippen LogP contribution is 2.19. The monoisotopic (exact) mass is 470 g/mol. The molecular weight excluding hydrogens is 444 g/mol. The number of carbonyl (C=O) groups excluding carboxylic acids is 1. The highest BCUT2D eigenvalue weighted by Gasteiger charge is 2.21. The fourth-order valence-electron chi connectivity index (χ4n) is 4.10. The highest BCUT2D eigenvalue weighted by atomic mass is 16.5. The number of fused-ring (bicyclic) bond motifs is 1. The molecule has 5 rings (SSSR count). The second-order valence-corrected chi connectivity index (χ2v) is 8.61. The van der Waals surface area contributed by atoms with Crippen molar-refractivity contribution in [3.05, 3.63) is 106 Å². The molecule has 0 N–H and O–H groups in total. The number of hydrogen-bond acceptors (Lipinski definition) is 6. The van der Waals surface area contributed by atoms with Crippen LogP contribution in [-0.4, -0.2) is 45.0 Å². The first kappa shape index (κ1) is 22.7. The minimum Gasteiger partial charge on any atom is -0.493 e. The van der Waals surface area contributed by atoms with Gasteiger partial charge in [0.25, 0.3) is 11.5 Å². The van der Waals surface area contributed by atoms with E-state index in [1.807, 2.05) is 36.4 Å². The van der Waals surface area contributed by atoms with Gasteiger partial charge < -0.3 is 14.4 Å². The van der Waals surface area contributed by atoms with E-state index in [-0.39, 0.29) is 11.5 Å². The summed E-state index contributed by atoms with van der Waals surface area (Å²) in [5.74, 6) is 0.825. The first-order valence-electron chi connectivity index (χ1n) is 11.6. The maximum absolute atomic E-state index is 13.6. The number of nitrogens with zero attached hydrogens (tertiary/aromatic N) is 4. The van der Waals surface area contributed by atoms with Gasteiger partial charge in [0.15, 0.2) is 0 Å². The number of hydrogen-bond donors (Lipinski definition) is 0. The van der Waals surface area contributed by atoms with Gasteiger partial charge in [-0.05, 0) is 47.9 Å². The summed E-state index contributed by atoms with van der Waals surface area (Å²) in [6.07, 6.45) is 7.40. The third-order valence-corrected chi connectivity index (χ3v) is 6.03. The minimum absolute atomic E-state index is 0.0244. The Kier molecular flexibility index (Phi) is 6.81. The first-order chi connectivity index (χ1) is 17.2. The number of benzene rings is 1. The quantitative estimate of drug-likeness (QED) is 0.393. The fourth-order valence-corrected chi connectivity index (χ4v) is 4.10. The molecule has 4 heterocycles. The molecule has 0 radical (unpaired) electrons. The predicted molar refractivity (Wildman–Crippen MR) is 130 cm³/mol. The average molecular weight is 471 g/mol. The summed E-state index contributed by atoms with van der Waals surface area (Å²) in [7, 11) is 0. The van der Waals surface area contributed by atoms with Gasteiger partial charge in [0, 0.05) is 50.4 Å². The van der Waals surface area contributed by atoms with Crippen molar-refractivity contribution >= 4 is 11.6 Å². The lowest BCUT2D eigenvalue weighted by atomic mass is 10.1. The zero-order valence-electron chi connectivity index (χ0n) is 19.2. The van der Waals surface area contributed by atoms with Gasteiger partial charge in [-0.3, -0.25) is 19.0 Å². The van der Waals surface area contributed by atoms with Crippen molar-refractivity contribution in [3.8, 4) is 5.75 Å². The van der Waals surface area contributed by atoms with E-state index >= 15 is 0 Å². The van der Waals surface area contributed by atoms with Gasteiger partial charge in [0.05, 0.1) is 13.2 Å². The topological polar surface area (TPSA) is 86.0 Å². The molecule has 0 spiro atoms. The molecule has 0 bridgehead atoms. The van der Waals surface area contributed by atoms with Crippen LogP contribution in [0.1, 0.15) is 27.9 Å². The van der Waals surface area contributed by atoms with Crippen LogP contribution in [0.4, 0.5) is 0 Å². The van der Waals surface area contributed by atoms with E-state index in [2.05, 4.69) is 9.97 Å². The first-order valence-corrected chi connectivity index (χ1v) is 11.6. The van der Waals surface area contributed by atoms with E-state index in [1.165, 1.54) is 10.6 Å². The summed E-state index contributed by atoms with van der Waals surface area (Å²) >= 11 is 0. The molecule has 1 aromatic carbocycles. The van der Waals surface area contributed by atoms with Crippen LogP contribution >= 0.6 is 0 Å². The number of pyridine rings is 2. The summed E-state index contributed by atoms with van der Waals surface area (Å²) in [6, 6.07) is 16.7. The summed E-state index contributed by atoms with van der Waals surface area (Å²) in [6.45, 7) is 2.80. The summed E-state index contributed by atoms with van der Waals surface area (Å²) < 4.78 is 12.7. The lowest BCUT2D eigenvalue weighted by Crippen LogP contribution is -2.35. The van der Waals surface area contributed by atoms with Gasteiger partial charge in [-0.15, -0.1) is 0 Å². The van der Waals surface area contributed by atoms with Crippen molar-refractivity contribution in [2.75, 3.05) is 19.8 Å². The number of ether oxygens (including phenoxy) is 2. The van der Waals surface area contributed by atoms with E-state index in [4.69, 9.17) is 9.47 Å². The van der Waals surface area contributed by atoms with E-state index in [9.17, 15) is 9.59 Å². The molecule has 0 saturated carbocycles. The molecule has 1 saturated heterocycles. The Morgan fingerprint density at radius 3 is 2.69 bits per heavy atom. The van der Waals surface area contributed by atoms with E-state index in [0.717, 1.165) is 36.5 Å². The molecule has 1 aliphatic heterocycles. The van der Waals surface area contributed by atoms with E-state index in [1.54, 1.807) is 41.7 Å². The van der Waals surface area contributed by atoms with Crippen LogP contribution in [0.2, 0.25) is 0 Å². The van der Waals surface area contributed by atoms with Gasteiger partial charge in [-0.1, -0.05) is 24.3 Å². The zero-order valence-corrected chi connectivity index (χ0v) is 19.2. The highest BCUT2D eigenvalue weighted by molar-refractivity contribution is 5.93. The molecular formula is C27H26N4O4. The molecule has 8 heteroatoms. The zero-order chi connectivity index (χ0) is 24.0. The minimum atomic E-state index is -0.392. The average Bonchev–Trinajstić information content (AvgIpc) is 3.42. The Bertz CT molecular complexity index is 1350. The molecule has 0 aliphatic carbocycles. The molecule has 1 aliphatic rings. The van der Waals surface area contributed by atoms with E-state index < -0.39 is 5.56 Å². The lowest BCUT2D eigenvalue weighted by molar-refractivity contribution is 0.0727. The SMILES string of the molecule is O=C(c1cnc2ccccn2c1=O)N(Cc1ccc(OC[C@H]2CCOC2)cc1)Cc1cccnc1. The van der Waals surface area contributed by atoms with Crippen molar-refractivity contribution in [2.24, 2.45) is 5.92 Å². The molecule has 1 fully saturated rings. The maximum atomic E-state index is 13.6. The van der Waals surface area contributed by atoms with Gasteiger partial charge in [-0.25, -0.2) is 4.98 Å². The standard InChI is InChI=1S/C27H26N4O4/c32-26(24-15-29-25-5-1-2-12-31(25)27(24)33)30(17-21-4-3-11-28-14-21)16-20-6-8-23(9-7-20)35-19-22-10-13-34-18-22/h1-9,11-12,14-15,22H,10,13,16-19H2/t22-/m0/s1. The van der Waals surface area contributed by atoms with Crippen LogP contribution in [0, 0.1) is 5.92 Å². The number of aromatic nitrogens is 3. The number of rotatable bonds is 8. The third-order valence-electron chi connectivity index (χ3n) is 6.03. The van der Waals surface area contributed by atoms with Crippen LogP contribution in [0.3, 0.4) is 0 Å². The van der Waals surface area contributed by atoms with Gasteiger partial charge >= 0.3 is 0 Å². The van der Waals surface area contributed by atoms with E-state index in [0.29, 0.717) is 31.3 Å². The Balaban J connectivity index is 1.37. The molecule has 4 aromatic rings. The summed E-state index contributed by atoms with van der Waals surface area (Å²) in [5.41, 5.74) is 1.92. The largest absolute Gasteiger partial charge is 0.493 e. The Morgan fingerprint density at radius 2 is 1.91 bits per heavy atom. The molecule has 178 valence electrons. The van der Waals surface area contributed by atoms with Crippen molar-refractivity contribution in [1.82, 2.24) is 19.3 Å². The van der Waals surface area contributed by atoms with Crippen molar-refractivity contribution in [3.63, 3.8) is 0 Å². The predicted octanol–water partition coefficient (Wildman–Crippen LogP) is 3.35. The number of amides is 1. The van der Waals surface area contributed by atoms with Crippen LogP contribution < -0.4 is 10.3 Å². The van der Waals surface area contributed by atoms with Crippen molar-refractivity contribution < 1.29 is 14.3 Å². The Hall–Kier alpha value is -4.04. The summed E-state index contributed by atoms with van der Waals surface area (Å²) in [5, 5.41) is 0. The number of carbonyl (C=O) groups is 1. The molecule has 1 amide bonds. The molecule has 8 nitrogen and oxygen atoms in total. The van der Waals surface area contributed by atoms with Crippen molar-refractivity contribution in [2.45, 2.75) is 19.5 Å². The van der Waals surface area contributed by atoms with Gasteiger partial charge in [-0.2, -0.15) is 0 Å². The second-order valence-electron chi connectivity index (χ2n) is 8.61. The summed E-state index contributed by atoms with van der Waals surface area (Å²) in [4.78, 5) is 36.7. The Morgan fingerprint density at radius 1 is 1.06 bits per heavy atom. The van der Waals surface area contributed by atoms with Crippen LogP contribution in [0.25, 0.3) is 5.65 Å². The van der Waals surface area contributed by atoms with Crippen LogP contribution in [0.15, 0.2) is 84.2 Å². The molecule has 3 aromatic heterocycles. The smallest absolute Gasteiger partial charge is 0.270 e. The normalized spacial score (nSPS) is 15.3. The Labute approximate surface area is 202 Å². The van der Waals surface area contributed by atoms with Crippen molar-refractivity contribution in [1.29, 1.82) is 0 Å². The van der Waals surface area contributed by atoms with Gasteiger partial charge in [0.1, 0.15) is 17.0 Å². The molecule has 0 unspecified atom stereocenters. The molecule has 1 atom stereocenters. The third kappa shape index (κ3) is 5.38.